The average molecular weight is 833 g/mol. The molecule has 54 heavy (non-hydrogen) atoms. The summed E-state index contributed by atoms with van der Waals surface area (Å²) in [7, 11) is -8.01. The van der Waals surface area contributed by atoms with E-state index in [-0.39, 0.29) is 0 Å². The molecule has 0 saturated carbocycles. The van der Waals surface area contributed by atoms with Gasteiger partial charge in [0.15, 0.2) is 93.1 Å². The molecule has 0 saturated heterocycles. The Morgan fingerprint density at radius 3 is 0.630 bits per heavy atom. The molecule has 0 fully saturated rings. The van der Waals surface area contributed by atoms with Crippen LogP contribution in [0.3, 0.4) is 0 Å². The molecule has 5 aromatic rings. The fraction of sp³-hybridized carbons (Fsp3) is 0.0625. The van der Waals surface area contributed by atoms with E-state index in [1.807, 2.05) is 0 Å². The smallest absolute Gasteiger partial charge is 0.200 e. The fourth-order valence-corrected chi connectivity index (χ4v) is 9.77. The Hall–Kier alpha value is -4.44. The van der Waals surface area contributed by atoms with Crippen LogP contribution in [0.5, 0.6) is 0 Å². The molecule has 0 atom stereocenters. The van der Waals surface area contributed by atoms with Crippen LogP contribution in [0.25, 0.3) is 0 Å². The average Bonchev–Trinajstić information content (AvgIpc) is 3.14. The van der Waals surface area contributed by atoms with Crippen LogP contribution in [0.15, 0.2) is 18.2 Å². The number of hydrogen-bond acceptors (Lipinski definition) is 0. The van der Waals surface area contributed by atoms with E-state index < -0.39 is 177 Å². The summed E-state index contributed by atoms with van der Waals surface area (Å²) < 4.78 is 289. The quantitative estimate of drug-likeness (QED) is 0.0633. The minimum Gasteiger partial charge on any atom is -0.203 e. The highest BCUT2D eigenvalue weighted by Crippen LogP contribution is 2.46. The number of benzene rings is 5. The van der Waals surface area contributed by atoms with E-state index in [1.165, 1.54) is 0 Å². The Balaban J connectivity index is 1.75. The summed E-state index contributed by atoms with van der Waals surface area (Å²) in [5.41, 5.74) is -1.59. The van der Waals surface area contributed by atoms with Crippen LogP contribution in [0.1, 0.15) is 11.1 Å². The normalized spacial score (nSPS) is 11.8. The van der Waals surface area contributed by atoms with Crippen molar-refractivity contribution in [1.82, 2.24) is 0 Å². The third kappa shape index (κ3) is 6.54. The van der Waals surface area contributed by atoms with E-state index in [1.54, 1.807) is 0 Å². The maximum atomic E-state index is 15.0. The first-order chi connectivity index (χ1) is 25.1. The molecule has 0 amide bonds. The highest BCUT2D eigenvalue weighted by atomic mass is 31.1. The maximum Gasteiger partial charge on any atom is 0.200 e. The van der Waals surface area contributed by atoms with Gasteiger partial charge in [0, 0.05) is 12.3 Å². The molecule has 285 valence electrons. The van der Waals surface area contributed by atoms with E-state index in [0.29, 0.717) is 0 Å². The van der Waals surface area contributed by atoms with Gasteiger partial charge in [-0.15, -0.1) is 0 Å². The molecule has 0 aromatic heterocycles. The van der Waals surface area contributed by atoms with Crippen molar-refractivity contribution in [2.45, 2.75) is 12.3 Å². The minimum absolute atomic E-state index is 0.718. The topological polar surface area (TPSA) is 0 Å². The second kappa shape index (κ2) is 15.0. The van der Waals surface area contributed by atoms with Gasteiger partial charge in [-0.1, -0.05) is 18.2 Å². The summed E-state index contributed by atoms with van der Waals surface area (Å²) in [6.07, 6.45) is -3.02. The molecule has 0 heterocycles. The monoisotopic (exact) mass is 833 g/mol. The third-order valence-corrected chi connectivity index (χ3v) is 12.4. The van der Waals surface area contributed by atoms with Gasteiger partial charge < -0.3 is 0 Å². The maximum absolute atomic E-state index is 15.0. The SMILES string of the molecule is Fc1c(F)c(F)c(P(Cc2[c]c(CP(c3c(F)c(F)c(F)c(F)c3F)c3c(F)c(F)c(F)c(F)c3F)ccc2)c2c(F)c(F)c(F)c(F)c2F)c(F)c1F. The van der Waals surface area contributed by atoms with Crippen LogP contribution in [0, 0.1) is 122 Å². The zero-order valence-electron chi connectivity index (χ0n) is 25.1. The zero-order valence-corrected chi connectivity index (χ0v) is 26.9. The van der Waals surface area contributed by atoms with Crippen LogP contribution >= 0.6 is 15.8 Å². The van der Waals surface area contributed by atoms with Crippen molar-refractivity contribution in [3.63, 3.8) is 0 Å². The summed E-state index contributed by atoms with van der Waals surface area (Å²) in [5, 5.41) is -8.47. The molecule has 5 aromatic carbocycles. The predicted molar refractivity (Wildman–Crippen MR) is 150 cm³/mol. The number of hydrogen-bond donors (Lipinski definition) is 0. The Labute approximate surface area is 289 Å². The molecule has 0 aliphatic rings. The van der Waals surface area contributed by atoms with Gasteiger partial charge in [-0.05, 0) is 33.0 Å². The highest BCUT2D eigenvalue weighted by Gasteiger charge is 2.39. The lowest BCUT2D eigenvalue weighted by molar-refractivity contribution is 0.382. The Bertz CT molecular complexity index is 1960. The molecule has 0 nitrogen and oxygen atoms in total. The first kappa shape index (κ1) is 40.7. The summed E-state index contributed by atoms with van der Waals surface area (Å²) in [6, 6.07) is 4.29. The van der Waals surface area contributed by atoms with Crippen LogP contribution in [0.4, 0.5) is 87.8 Å². The van der Waals surface area contributed by atoms with Gasteiger partial charge in [0.2, 0.25) is 23.3 Å². The van der Waals surface area contributed by atoms with Gasteiger partial charge in [-0.2, -0.15) is 0 Å². The lowest BCUT2D eigenvalue weighted by Crippen LogP contribution is -2.29. The van der Waals surface area contributed by atoms with Gasteiger partial charge >= 0.3 is 0 Å². The van der Waals surface area contributed by atoms with E-state index in [9.17, 15) is 52.7 Å². The van der Waals surface area contributed by atoms with E-state index in [4.69, 9.17) is 0 Å². The van der Waals surface area contributed by atoms with Crippen LogP contribution in [-0.2, 0) is 12.3 Å². The van der Waals surface area contributed by atoms with Crippen molar-refractivity contribution in [2.24, 2.45) is 0 Å². The Morgan fingerprint density at radius 2 is 0.444 bits per heavy atom. The molecule has 0 aliphatic heterocycles. The van der Waals surface area contributed by atoms with Crippen LogP contribution in [0.2, 0.25) is 0 Å². The van der Waals surface area contributed by atoms with Crippen LogP contribution in [-0.4, -0.2) is 0 Å². The predicted octanol–water partition coefficient (Wildman–Crippen LogP) is 9.53. The summed E-state index contributed by atoms with van der Waals surface area (Å²) in [4.78, 5) is 0. The summed E-state index contributed by atoms with van der Waals surface area (Å²) in [5.74, 6) is -55.6. The van der Waals surface area contributed by atoms with Gasteiger partial charge in [0.25, 0.3) is 0 Å². The standard InChI is InChI=1S/C32H7F20P2/c33-9-13(37)21(45)29(22(46)14(9)38)53(30-23(47)15(39)10(34)16(40)24(30)48)5-7-2-1-3-8(4-7)6-54(31-25(49)17(41)11(35)18(42)26(31)50)32-27(51)19(43)12(36)20(44)28(32)52/h1-3H,5-6H2. The molecule has 0 spiro atoms. The second-order valence-electron chi connectivity index (χ2n) is 10.5. The van der Waals surface area contributed by atoms with E-state index in [2.05, 4.69) is 6.07 Å². The van der Waals surface area contributed by atoms with Crippen molar-refractivity contribution in [3.8, 4) is 0 Å². The van der Waals surface area contributed by atoms with Gasteiger partial charge in [0.1, 0.15) is 0 Å². The second-order valence-corrected chi connectivity index (χ2v) is 14.7. The first-order valence-electron chi connectivity index (χ1n) is 13.8. The van der Waals surface area contributed by atoms with Gasteiger partial charge in [0.05, 0.1) is 21.2 Å². The molecule has 1 radical (unpaired) electrons. The Morgan fingerprint density at radius 1 is 0.278 bits per heavy atom. The summed E-state index contributed by atoms with van der Waals surface area (Å²) in [6.45, 7) is 0. The Kier molecular flexibility index (Phi) is 11.3. The zero-order chi connectivity index (χ0) is 40.4. The third-order valence-electron chi connectivity index (χ3n) is 7.40. The fourth-order valence-electron chi connectivity index (χ4n) is 4.96. The molecular formula is C32H7F20P2. The molecule has 0 bridgehead atoms. The first-order valence-corrected chi connectivity index (χ1v) is 16.8. The molecular weight excluding hydrogens is 826 g/mol. The van der Waals surface area contributed by atoms with Crippen molar-refractivity contribution in [2.75, 3.05) is 0 Å². The van der Waals surface area contributed by atoms with E-state index in [0.717, 1.165) is 18.2 Å². The number of rotatable bonds is 8. The van der Waals surface area contributed by atoms with Crippen molar-refractivity contribution in [3.05, 3.63) is 152 Å². The molecule has 5 rings (SSSR count). The minimum atomic E-state index is -4.01. The largest absolute Gasteiger partial charge is 0.203 e. The molecule has 0 unspecified atom stereocenters. The summed E-state index contributed by atoms with van der Waals surface area (Å²) >= 11 is 0. The van der Waals surface area contributed by atoms with Crippen molar-refractivity contribution >= 4 is 37.1 Å². The van der Waals surface area contributed by atoms with E-state index >= 15 is 35.1 Å². The van der Waals surface area contributed by atoms with Gasteiger partial charge in [-0.3, -0.25) is 0 Å². The number of halogens is 20. The highest BCUT2D eigenvalue weighted by molar-refractivity contribution is 7.72. The molecule has 22 heteroatoms. The van der Waals surface area contributed by atoms with Gasteiger partial charge in [-0.25, -0.2) is 87.8 Å². The lowest BCUT2D eigenvalue weighted by Gasteiger charge is -2.24. The molecule has 0 aliphatic carbocycles. The van der Waals surface area contributed by atoms with Crippen molar-refractivity contribution < 1.29 is 87.8 Å². The lowest BCUT2D eigenvalue weighted by atomic mass is 10.2. The molecule has 0 N–H and O–H groups in total. The van der Waals surface area contributed by atoms with Crippen molar-refractivity contribution in [1.29, 1.82) is 0 Å². The van der Waals surface area contributed by atoms with Crippen LogP contribution < -0.4 is 21.2 Å².